The van der Waals surface area contributed by atoms with Gasteiger partial charge < -0.3 is 46.3 Å². The van der Waals surface area contributed by atoms with Gasteiger partial charge in [0.15, 0.2) is 5.52 Å². The van der Waals surface area contributed by atoms with Crippen molar-refractivity contribution in [2.45, 2.75) is 174 Å². The molecule has 0 unspecified atom stereocenters. The molecule has 26 heteroatoms. The van der Waals surface area contributed by atoms with Crippen LogP contribution in [0.15, 0.2) is 64.4 Å². The number of esters is 1. The van der Waals surface area contributed by atoms with Crippen LogP contribution in [0.4, 0.5) is 16.2 Å². The van der Waals surface area contributed by atoms with Gasteiger partial charge in [-0.15, -0.1) is 0 Å². The zero-order chi connectivity index (χ0) is 62.4. The summed E-state index contributed by atoms with van der Waals surface area (Å²) in [5.74, 6) is -2.32. The normalized spacial score (nSPS) is 15.5. The van der Waals surface area contributed by atoms with Crippen LogP contribution >= 0.6 is 45.1 Å². The molecular formula is C58H90N10O12S4. The van der Waals surface area contributed by atoms with Crippen molar-refractivity contribution in [1.82, 2.24) is 41.8 Å². The van der Waals surface area contributed by atoms with Crippen LogP contribution in [-0.4, -0.2) is 159 Å². The Morgan fingerprint density at radius 2 is 1.49 bits per heavy atom. The highest BCUT2D eigenvalue weighted by Gasteiger charge is 2.40. The number of nitro benzene ring substituents is 1. The van der Waals surface area contributed by atoms with Gasteiger partial charge in [-0.05, 0) is 133 Å². The molecule has 2 heterocycles. The zero-order valence-electron chi connectivity index (χ0n) is 50.8. The number of likely N-dealkylation sites (tertiary alicyclic amines) is 1. The second kappa shape index (κ2) is 38.3. The van der Waals surface area contributed by atoms with Gasteiger partial charge in [0.25, 0.3) is 0 Å². The minimum atomic E-state index is -1.24. The highest BCUT2D eigenvalue weighted by molar-refractivity contribution is 8.77. The van der Waals surface area contributed by atoms with Crippen LogP contribution in [0.1, 0.15) is 133 Å². The summed E-state index contributed by atoms with van der Waals surface area (Å²) < 4.78 is 14.8. The van der Waals surface area contributed by atoms with Gasteiger partial charge in [0, 0.05) is 41.2 Å². The number of carbonyl (C=O) groups is 7. The third-order valence-corrected chi connectivity index (χ3v) is 18.1. The first-order valence-corrected chi connectivity index (χ1v) is 33.4. The molecule has 6 amide bonds. The van der Waals surface area contributed by atoms with E-state index in [-0.39, 0.29) is 71.3 Å². The molecule has 1 saturated heterocycles. The van der Waals surface area contributed by atoms with E-state index < -0.39 is 82.8 Å². The number of carbonyl (C=O) groups excluding carboxylic acids is 7. The predicted octanol–water partition coefficient (Wildman–Crippen LogP) is 9.23. The minimum Gasteiger partial charge on any atom is -0.467 e. The molecule has 2 aromatic rings. The van der Waals surface area contributed by atoms with Crippen molar-refractivity contribution in [2.75, 3.05) is 61.4 Å². The fourth-order valence-corrected chi connectivity index (χ4v) is 12.6. The SMILES string of the molecule is C=CCOC(=O)N[C@@H](CSSC(C)(C)C)C(=O)N[C@@H](CCSC)C(=O)N[C@@H](CCCCNc1ccc([N+](=O)[O-])c2nonc12)C(=O)N[C@@H](CC(C)C)C(=O)N1CCC[C@H]1C(=O)N[C@@H](CSC/C=C(\C)CC/C=C(\C)CCC=C(C)C)C(=O)OC. The molecule has 1 aliphatic heterocycles. The molecule has 1 aromatic heterocycles. The van der Waals surface area contributed by atoms with Gasteiger partial charge in [-0.3, -0.25) is 34.1 Å². The van der Waals surface area contributed by atoms with Crippen molar-refractivity contribution in [2.24, 2.45) is 5.92 Å². The van der Waals surface area contributed by atoms with Crippen LogP contribution in [0.2, 0.25) is 0 Å². The number of non-ortho nitro benzene ring substituents is 1. The standard InChI is InChI=1S/C58H90N10O12S4/c1-13-31-79-57(75)64-45(36-83-84-58(8,9)10)53(71)61-43(28-32-81-12)52(70)60-42(23-14-15-29-59-41-25-26-47(68(76)77)50-49(41)65-80-66-50)51(69)62-44(34-38(4)5)55(73)67-30-18-24-48(67)54(72)63-46(56(74)78-11)35-82-33-27-40(7)22-17-21-39(6)20-16-19-37(2)3/h13,19,21,25-27,38,42-46,48,59H,1,14-18,20,22-24,28-36H2,2-12H3,(H,60,70)(H,61,71)(H,62,69)(H,63,72)(H,64,75)/b39-21+,40-27+/t42-,43-,44-,45-,46-,48-/m0/s1. The van der Waals surface area contributed by atoms with Gasteiger partial charge in [-0.2, -0.15) is 23.5 Å². The number of thioether (sulfide) groups is 2. The van der Waals surface area contributed by atoms with E-state index in [2.05, 4.69) is 94.7 Å². The number of fused-ring (bicyclic) bond motifs is 1. The van der Waals surface area contributed by atoms with Crippen LogP contribution in [-0.2, 0) is 38.2 Å². The molecule has 1 aliphatic rings. The van der Waals surface area contributed by atoms with E-state index in [0.717, 1.165) is 25.7 Å². The van der Waals surface area contributed by atoms with Crippen LogP contribution in [0.3, 0.4) is 0 Å². The van der Waals surface area contributed by atoms with Gasteiger partial charge in [0.1, 0.15) is 42.9 Å². The van der Waals surface area contributed by atoms with Crippen LogP contribution in [0, 0.1) is 16.0 Å². The monoisotopic (exact) mass is 1250 g/mol. The Morgan fingerprint density at radius 1 is 0.845 bits per heavy atom. The lowest BCUT2D eigenvalue weighted by Gasteiger charge is -2.31. The molecule has 0 bridgehead atoms. The molecule has 22 nitrogen and oxygen atoms in total. The molecule has 1 fully saturated rings. The van der Waals surface area contributed by atoms with Crippen LogP contribution in [0.5, 0.6) is 0 Å². The van der Waals surface area contributed by atoms with Gasteiger partial charge in [-0.25, -0.2) is 14.2 Å². The average molecular weight is 1250 g/mol. The molecule has 1 aromatic carbocycles. The van der Waals surface area contributed by atoms with E-state index in [0.29, 0.717) is 49.4 Å². The Kier molecular flexibility index (Phi) is 33.1. The number of anilines is 1. The van der Waals surface area contributed by atoms with Gasteiger partial charge >= 0.3 is 17.7 Å². The molecule has 3 rings (SSSR count). The lowest BCUT2D eigenvalue weighted by atomic mass is 10.0. The van der Waals surface area contributed by atoms with Crippen molar-refractivity contribution in [1.29, 1.82) is 0 Å². The maximum absolute atomic E-state index is 14.7. The highest BCUT2D eigenvalue weighted by Crippen LogP contribution is 2.35. The average Bonchev–Trinajstić information content (AvgIpc) is 3.32. The summed E-state index contributed by atoms with van der Waals surface area (Å²) in [5, 5.41) is 36.3. The Hall–Kier alpha value is -5.73. The number of hydrogen-bond acceptors (Lipinski definition) is 19. The quantitative estimate of drug-likeness (QED) is 0.00911. The summed E-state index contributed by atoms with van der Waals surface area (Å²) in [4.78, 5) is 110. The lowest BCUT2D eigenvalue weighted by Crippen LogP contribution is -2.59. The molecule has 6 atom stereocenters. The van der Waals surface area contributed by atoms with Crippen molar-refractivity contribution in [3.63, 3.8) is 0 Å². The first-order chi connectivity index (χ1) is 39.9. The number of hydrogen-bond donors (Lipinski definition) is 6. The fourth-order valence-electron chi connectivity index (χ4n) is 8.71. The highest BCUT2D eigenvalue weighted by atomic mass is 33.1. The van der Waals surface area contributed by atoms with Crippen LogP contribution in [0.25, 0.3) is 11.0 Å². The zero-order valence-corrected chi connectivity index (χ0v) is 54.0. The van der Waals surface area contributed by atoms with Gasteiger partial charge in [-0.1, -0.05) is 104 Å². The molecule has 0 aliphatic carbocycles. The number of benzene rings is 1. The summed E-state index contributed by atoms with van der Waals surface area (Å²) in [5.41, 5.74) is 4.19. The smallest absolute Gasteiger partial charge is 0.408 e. The maximum atomic E-state index is 14.7. The first kappa shape index (κ1) is 72.5. The number of alkyl carbamates (subject to hydrolysis) is 1. The van der Waals surface area contributed by atoms with E-state index in [1.807, 2.05) is 40.9 Å². The summed E-state index contributed by atoms with van der Waals surface area (Å²) >= 11 is 2.92. The second-order valence-electron chi connectivity index (χ2n) is 22.2. The maximum Gasteiger partial charge on any atom is 0.408 e. The molecule has 84 heavy (non-hydrogen) atoms. The third kappa shape index (κ3) is 26.7. The molecule has 468 valence electrons. The molecule has 0 spiro atoms. The number of rotatable bonds is 38. The molecule has 0 saturated carbocycles. The van der Waals surface area contributed by atoms with Gasteiger partial charge in [0.05, 0.1) is 17.7 Å². The number of nitrogens with one attached hydrogen (secondary N) is 6. The number of allylic oxidation sites excluding steroid dienone is 5. The van der Waals surface area contributed by atoms with E-state index in [9.17, 15) is 43.7 Å². The number of methoxy groups -OCH3 is 1. The van der Waals surface area contributed by atoms with E-state index in [1.54, 1.807) is 0 Å². The number of nitrogens with zero attached hydrogens (tertiary/aromatic N) is 4. The fraction of sp³-hybridized carbons (Fsp3) is 0.638. The second-order valence-corrected chi connectivity index (χ2v) is 27.4. The van der Waals surface area contributed by atoms with Crippen molar-refractivity contribution in [3.05, 3.63) is 69.8 Å². The van der Waals surface area contributed by atoms with E-state index in [1.165, 1.54) is 92.0 Å². The summed E-state index contributed by atoms with van der Waals surface area (Å²) in [6, 6.07) is -3.78. The van der Waals surface area contributed by atoms with E-state index >= 15 is 0 Å². The van der Waals surface area contributed by atoms with Crippen LogP contribution < -0.4 is 31.9 Å². The number of aromatic nitrogens is 2. The number of unbranched alkanes of at least 4 members (excludes halogenated alkanes) is 1. The summed E-state index contributed by atoms with van der Waals surface area (Å²) in [7, 11) is 4.14. The molecular weight excluding hydrogens is 1160 g/mol. The minimum absolute atomic E-state index is 0.0268. The summed E-state index contributed by atoms with van der Waals surface area (Å²) in [6.07, 6.45) is 14.9. The molecule has 0 radical (unpaired) electrons. The van der Waals surface area contributed by atoms with E-state index in [4.69, 9.17) is 14.1 Å². The van der Waals surface area contributed by atoms with Gasteiger partial charge in [0.2, 0.25) is 35.1 Å². The third-order valence-electron chi connectivity index (χ3n) is 13.1. The number of ether oxygens (including phenoxy) is 2. The van der Waals surface area contributed by atoms with Crippen molar-refractivity contribution >= 4 is 109 Å². The Morgan fingerprint density at radius 3 is 2.12 bits per heavy atom. The number of amides is 6. The largest absolute Gasteiger partial charge is 0.467 e. The van der Waals surface area contributed by atoms with Crippen molar-refractivity contribution < 1.29 is 52.6 Å². The Bertz CT molecular complexity index is 2600. The molecule has 6 N–H and O–H groups in total. The predicted molar refractivity (Wildman–Crippen MR) is 339 cm³/mol. The topological polar surface area (TPSA) is 295 Å². The Balaban J connectivity index is 1.85. The number of nitro groups is 1. The Labute approximate surface area is 511 Å². The first-order valence-electron chi connectivity index (χ1n) is 28.5. The van der Waals surface area contributed by atoms with Crippen molar-refractivity contribution in [3.8, 4) is 0 Å². The lowest BCUT2D eigenvalue weighted by molar-refractivity contribution is -0.383. The summed E-state index contributed by atoms with van der Waals surface area (Å²) in [6.45, 7) is 22.2.